The van der Waals surface area contributed by atoms with Gasteiger partial charge in [0.25, 0.3) is 11.8 Å². The van der Waals surface area contributed by atoms with Crippen molar-refractivity contribution in [3.8, 4) is 0 Å². The Morgan fingerprint density at radius 3 is 2.08 bits per heavy atom. The highest BCUT2D eigenvalue weighted by Crippen LogP contribution is 2.08. The summed E-state index contributed by atoms with van der Waals surface area (Å²) in [5, 5.41) is 6.10. The molecule has 2 amide bonds. The average molecular weight is 356 g/mol. The highest BCUT2D eigenvalue weighted by Gasteiger charge is 2.14. The largest absolute Gasteiger partial charge is 0.351 e. The summed E-state index contributed by atoms with van der Waals surface area (Å²) in [6.45, 7) is 9.90. The van der Waals surface area contributed by atoms with Crippen LogP contribution in [0, 0.1) is 0 Å². The van der Waals surface area contributed by atoms with Gasteiger partial charge >= 0.3 is 0 Å². The van der Waals surface area contributed by atoms with Crippen LogP contribution in [-0.4, -0.2) is 49.4 Å². The maximum Gasteiger partial charge on any atom is 0.253 e. The van der Waals surface area contributed by atoms with Crippen molar-refractivity contribution in [2.75, 3.05) is 32.7 Å². The Morgan fingerprint density at radius 1 is 0.917 bits per heavy atom. The predicted octanol–water partition coefficient (Wildman–Crippen LogP) is 2.71. The van der Waals surface area contributed by atoms with E-state index in [1.54, 1.807) is 24.3 Å². The Morgan fingerprint density at radius 2 is 1.54 bits per heavy atom. The first kappa shape index (κ1) is 22.4. The third kappa shape index (κ3) is 7.32. The van der Waals surface area contributed by atoms with Gasteiger partial charge in [0.1, 0.15) is 0 Å². The lowest BCUT2D eigenvalue weighted by Crippen LogP contribution is -2.32. The molecule has 0 spiro atoms. The number of hydrogen-bond acceptors (Lipinski definition) is 3. The molecule has 0 aliphatic rings. The average Bonchev–Trinajstić information content (AvgIpc) is 2.59. The molecular weight excluding hydrogens is 326 g/mol. The molecule has 5 nitrogen and oxygen atoms in total. The third-order valence-corrected chi connectivity index (χ3v) is 3.57. The van der Waals surface area contributed by atoms with Gasteiger partial charge in [0.15, 0.2) is 0 Å². The zero-order valence-electron chi connectivity index (χ0n) is 14.9. The Balaban J connectivity index is 0.00000529. The fourth-order valence-corrected chi connectivity index (χ4v) is 2.29. The maximum atomic E-state index is 12.3. The van der Waals surface area contributed by atoms with Crippen molar-refractivity contribution in [1.29, 1.82) is 0 Å². The van der Waals surface area contributed by atoms with Gasteiger partial charge in [-0.25, -0.2) is 0 Å². The van der Waals surface area contributed by atoms with Crippen LogP contribution in [0.25, 0.3) is 0 Å². The van der Waals surface area contributed by atoms with E-state index in [1.807, 2.05) is 11.8 Å². The number of nitrogens with one attached hydrogen (secondary N) is 2. The van der Waals surface area contributed by atoms with Crippen molar-refractivity contribution < 1.29 is 9.59 Å². The lowest BCUT2D eigenvalue weighted by atomic mass is 10.1. The van der Waals surface area contributed by atoms with E-state index in [4.69, 9.17) is 0 Å². The molecule has 0 saturated carbocycles. The summed E-state index contributed by atoms with van der Waals surface area (Å²) in [4.78, 5) is 26.2. The molecule has 0 aromatic heterocycles. The molecule has 0 saturated heterocycles. The highest BCUT2D eigenvalue weighted by atomic mass is 35.5. The summed E-state index contributed by atoms with van der Waals surface area (Å²) < 4.78 is 0. The first-order chi connectivity index (χ1) is 11.1. The smallest absolute Gasteiger partial charge is 0.253 e. The summed E-state index contributed by atoms with van der Waals surface area (Å²) in [5.41, 5.74) is 1.21. The normalized spacial score (nSPS) is 9.96. The quantitative estimate of drug-likeness (QED) is 0.634. The fourth-order valence-electron chi connectivity index (χ4n) is 2.29. The van der Waals surface area contributed by atoms with Gasteiger partial charge in [-0.1, -0.05) is 13.8 Å². The molecule has 1 aromatic rings. The number of amides is 2. The minimum Gasteiger partial charge on any atom is -0.351 e. The van der Waals surface area contributed by atoms with Gasteiger partial charge < -0.3 is 15.5 Å². The number of carbonyl (C=O) groups is 2. The monoisotopic (exact) mass is 355 g/mol. The van der Waals surface area contributed by atoms with Crippen LogP contribution < -0.4 is 10.6 Å². The Kier molecular flexibility index (Phi) is 11.9. The molecule has 0 atom stereocenters. The van der Waals surface area contributed by atoms with Crippen LogP contribution in [-0.2, 0) is 0 Å². The van der Waals surface area contributed by atoms with E-state index < -0.39 is 0 Å². The Bertz CT molecular complexity index is 492. The molecule has 6 heteroatoms. The SMILES string of the molecule is CCCNCCNC(=O)c1ccc(C(=O)N(CC)CCC)cc1.Cl. The van der Waals surface area contributed by atoms with Crippen LogP contribution in [0.1, 0.15) is 54.3 Å². The van der Waals surface area contributed by atoms with E-state index in [2.05, 4.69) is 24.5 Å². The van der Waals surface area contributed by atoms with Crippen molar-refractivity contribution in [3.05, 3.63) is 35.4 Å². The second-order valence-corrected chi connectivity index (χ2v) is 5.47. The summed E-state index contributed by atoms with van der Waals surface area (Å²) >= 11 is 0. The highest BCUT2D eigenvalue weighted by molar-refractivity contribution is 5.97. The van der Waals surface area contributed by atoms with Gasteiger partial charge in [0, 0.05) is 37.3 Å². The molecule has 24 heavy (non-hydrogen) atoms. The van der Waals surface area contributed by atoms with Crippen LogP contribution >= 0.6 is 12.4 Å². The van der Waals surface area contributed by atoms with Gasteiger partial charge in [0.05, 0.1) is 0 Å². The molecule has 2 N–H and O–H groups in total. The van der Waals surface area contributed by atoms with Crippen molar-refractivity contribution in [2.24, 2.45) is 0 Å². The topological polar surface area (TPSA) is 61.4 Å². The van der Waals surface area contributed by atoms with Crippen LogP contribution in [0.2, 0.25) is 0 Å². The maximum absolute atomic E-state index is 12.3. The molecule has 0 aliphatic carbocycles. The summed E-state index contributed by atoms with van der Waals surface area (Å²) in [5.74, 6) is -0.0896. The number of hydrogen-bond donors (Lipinski definition) is 2. The first-order valence-electron chi connectivity index (χ1n) is 8.52. The van der Waals surface area contributed by atoms with E-state index in [1.165, 1.54) is 0 Å². The summed E-state index contributed by atoms with van der Waals surface area (Å²) in [6.07, 6.45) is 2.02. The zero-order chi connectivity index (χ0) is 17.1. The molecule has 136 valence electrons. The van der Waals surface area contributed by atoms with E-state index in [-0.39, 0.29) is 24.2 Å². The Hall–Kier alpha value is -1.59. The minimum absolute atomic E-state index is 0. The second kappa shape index (κ2) is 12.8. The second-order valence-electron chi connectivity index (χ2n) is 5.47. The molecular formula is C18H30ClN3O2. The number of rotatable bonds is 10. The van der Waals surface area contributed by atoms with Crippen LogP contribution in [0.4, 0.5) is 0 Å². The van der Waals surface area contributed by atoms with Crippen molar-refractivity contribution >= 4 is 24.2 Å². The zero-order valence-corrected chi connectivity index (χ0v) is 15.7. The van der Waals surface area contributed by atoms with E-state index in [9.17, 15) is 9.59 Å². The van der Waals surface area contributed by atoms with Gasteiger partial charge in [-0.2, -0.15) is 0 Å². The molecule has 1 aromatic carbocycles. The van der Waals surface area contributed by atoms with Crippen LogP contribution in [0.5, 0.6) is 0 Å². The van der Waals surface area contributed by atoms with Gasteiger partial charge in [-0.15, -0.1) is 12.4 Å². The number of benzene rings is 1. The summed E-state index contributed by atoms with van der Waals surface area (Å²) in [6, 6.07) is 6.87. The van der Waals surface area contributed by atoms with Crippen LogP contribution in [0.15, 0.2) is 24.3 Å². The lowest BCUT2D eigenvalue weighted by Gasteiger charge is -2.20. The Labute approximate surface area is 151 Å². The molecule has 0 aliphatic heterocycles. The van der Waals surface area contributed by atoms with Gasteiger partial charge in [0.2, 0.25) is 0 Å². The van der Waals surface area contributed by atoms with Crippen molar-refractivity contribution in [2.45, 2.75) is 33.6 Å². The molecule has 0 fully saturated rings. The lowest BCUT2D eigenvalue weighted by molar-refractivity contribution is 0.0763. The number of nitrogens with zero attached hydrogens (tertiary/aromatic N) is 1. The van der Waals surface area contributed by atoms with E-state index in [0.29, 0.717) is 24.2 Å². The summed E-state index contributed by atoms with van der Waals surface area (Å²) in [7, 11) is 0. The number of halogens is 1. The van der Waals surface area contributed by atoms with Gasteiger partial charge in [-0.05, 0) is 50.6 Å². The number of carbonyl (C=O) groups excluding carboxylic acids is 2. The van der Waals surface area contributed by atoms with E-state index >= 15 is 0 Å². The predicted molar refractivity (Wildman–Crippen MR) is 101 cm³/mol. The van der Waals surface area contributed by atoms with Crippen LogP contribution in [0.3, 0.4) is 0 Å². The molecule has 1 rings (SSSR count). The molecule has 0 unspecified atom stereocenters. The first-order valence-corrected chi connectivity index (χ1v) is 8.52. The third-order valence-electron chi connectivity index (χ3n) is 3.57. The minimum atomic E-state index is -0.108. The molecule has 0 heterocycles. The van der Waals surface area contributed by atoms with E-state index in [0.717, 1.165) is 32.5 Å². The standard InChI is InChI=1S/C18H29N3O2.ClH/c1-4-11-19-12-13-20-17(22)15-7-9-16(10-8-15)18(23)21(6-3)14-5-2;/h7-10,19H,4-6,11-14H2,1-3H3,(H,20,22);1H. The molecule has 0 bridgehead atoms. The molecule has 0 radical (unpaired) electrons. The van der Waals surface area contributed by atoms with Crippen molar-refractivity contribution in [1.82, 2.24) is 15.5 Å². The van der Waals surface area contributed by atoms with Crippen molar-refractivity contribution in [3.63, 3.8) is 0 Å². The fraction of sp³-hybridized carbons (Fsp3) is 0.556. The van der Waals surface area contributed by atoms with Gasteiger partial charge in [-0.3, -0.25) is 9.59 Å².